The lowest BCUT2D eigenvalue weighted by molar-refractivity contribution is -0.137. The molecule has 0 radical (unpaired) electrons. The molecule has 1 aromatic rings. The van der Waals surface area contributed by atoms with Crippen LogP contribution in [0.25, 0.3) is 0 Å². The molecule has 0 atom stereocenters. The van der Waals surface area contributed by atoms with Gasteiger partial charge in [0.25, 0.3) is 0 Å². The van der Waals surface area contributed by atoms with Crippen molar-refractivity contribution < 1.29 is 14.3 Å². The molecule has 0 amide bonds. The highest BCUT2D eigenvalue weighted by atomic mass is 16.4. The molecule has 18 heavy (non-hydrogen) atoms. The molecular formula is C13H20N2O3. The molecule has 0 aromatic carbocycles. The summed E-state index contributed by atoms with van der Waals surface area (Å²) in [6.07, 6.45) is 5.43. The number of aliphatic carboxylic acids is 1. The van der Waals surface area contributed by atoms with Crippen LogP contribution in [0.5, 0.6) is 0 Å². The maximum absolute atomic E-state index is 10.5. The van der Waals surface area contributed by atoms with Crippen LogP contribution in [0.3, 0.4) is 0 Å². The second kappa shape index (κ2) is 6.00. The van der Waals surface area contributed by atoms with Crippen molar-refractivity contribution in [3.05, 3.63) is 17.8 Å². The molecule has 0 spiro atoms. The number of rotatable bonds is 5. The minimum atomic E-state index is -0.803. The fourth-order valence-electron chi connectivity index (χ4n) is 2.30. The van der Waals surface area contributed by atoms with Gasteiger partial charge in [0.15, 0.2) is 5.89 Å². The van der Waals surface area contributed by atoms with Gasteiger partial charge in [0.05, 0.1) is 12.6 Å². The van der Waals surface area contributed by atoms with Gasteiger partial charge in [0, 0.05) is 12.8 Å². The highest BCUT2D eigenvalue weighted by molar-refractivity contribution is 5.66. The summed E-state index contributed by atoms with van der Waals surface area (Å²) in [5.74, 6) is 1.28. The number of carboxylic acid groups (broad SMARTS) is 1. The van der Waals surface area contributed by atoms with Crippen LogP contribution in [0.1, 0.15) is 30.9 Å². The van der Waals surface area contributed by atoms with Crippen molar-refractivity contribution in [2.75, 3.05) is 20.1 Å². The van der Waals surface area contributed by atoms with E-state index in [4.69, 9.17) is 9.52 Å². The molecule has 1 N–H and O–H groups in total. The van der Waals surface area contributed by atoms with Gasteiger partial charge in [0.2, 0.25) is 0 Å². The molecule has 5 heteroatoms. The molecule has 1 fully saturated rings. The lowest BCUT2D eigenvalue weighted by Gasteiger charge is -2.28. The Morgan fingerprint density at radius 1 is 1.56 bits per heavy atom. The first-order valence-corrected chi connectivity index (χ1v) is 6.47. The summed E-state index contributed by atoms with van der Waals surface area (Å²) in [6, 6.07) is 0. The van der Waals surface area contributed by atoms with Gasteiger partial charge in [-0.1, -0.05) is 0 Å². The molecule has 1 aromatic heterocycles. The number of aromatic nitrogens is 1. The van der Waals surface area contributed by atoms with E-state index in [0.29, 0.717) is 18.1 Å². The van der Waals surface area contributed by atoms with Gasteiger partial charge in [-0.15, -0.1) is 0 Å². The first kappa shape index (κ1) is 13.1. The van der Waals surface area contributed by atoms with Crippen LogP contribution in [-0.4, -0.2) is 41.1 Å². The van der Waals surface area contributed by atoms with E-state index in [1.807, 2.05) is 0 Å². The number of carboxylic acids is 1. The Labute approximate surface area is 107 Å². The van der Waals surface area contributed by atoms with Gasteiger partial charge in [-0.2, -0.15) is 0 Å². The van der Waals surface area contributed by atoms with Gasteiger partial charge < -0.3 is 14.4 Å². The maximum atomic E-state index is 10.5. The Morgan fingerprint density at radius 2 is 2.28 bits per heavy atom. The largest absolute Gasteiger partial charge is 0.481 e. The summed E-state index contributed by atoms with van der Waals surface area (Å²) in [5, 5.41) is 8.60. The molecule has 2 heterocycles. The molecule has 0 bridgehead atoms. The number of aryl methyl sites for hydroxylation is 1. The minimum absolute atomic E-state index is 0.100. The van der Waals surface area contributed by atoms with Crippen LogP contribution >= 0.6 is 0 Å². The standard InChI is InChI=1S/C13H20N2O3/c1-15-6-4-10(5-7-15)8-12-14-9-11(18-12)2-3-13(16)17/h9-10H,2-8H2,1H3,(H,16,17). The van der Waals surface area contributed by atoms with E-state index in [1.165, 1.54) is 12.8 Å². The van der Waals surface area contributed by atoms with Crippen LogP contribution in [0, 0.1) is 5.92 Å². The summed E-state index contributed by atoms with van der Waals surface area (Å²) in [7, 11) is 2.14. The van der Waals surface area contributed by atoms with E-state index < -0.39 is 5.97 Å². The van der Waals surface area contributed by atoms with E-state index in [2.05, 4.69) is 16.9 Å². The molecule has 1 aliphatic heterocycles. The van der Waals surface area contributed by atoms with E-state index in [0.717, 1.165) is 25.4 Å². The number of carbonyl (C=O) groups is 1. The Bertz CT molecular complexity index is 395. The predicted octanol–water partition coefficient (Wildman–Crippen LogP) is 1.58. The van der Waals surface area contributed by atoms with Crippen molar-refractivity contribution in [1.29, 1.82) is 0 Å². The zero-order valence-electron chi connectivity index (χ0n) is 10.8. The van der Waals surface area contributed by atoms with Crippen LogP contribution in [0.2, 0.25) is 0 Å². The Kier molecular flexibility index (Phi) is 4.36. The first-order chi connectivity index (χ1) is 8.63. The third-order valence-electron chi connectivity index (χ3n) is 3.49. The molecule has 1 saturated heterocycles. The zero-order valence-corrected chi connectivity index (χ0v) is 10.8. The quantitative estimate of drug-likeness (QED) is 0.861. The van der Waals surface area contributed by atoms with E-state index in [-0.39, 0.29) is 6.42 Å². The monoisotopic (exact) mass is 252 g/mol. The van der Waals surface area contributed by atoms with Gasteiger partial charge in [0.1, 0.15) is 5.76 Å². The van der Waals surface area contributed by atoms with E-state index in [9.17, 15) is 4.79 Å². The second-order valence-electron chi connectivity index (χ2n) is 5.06. The van der Waals surface area contributed by atoms with Crippen molar-refractivity contribution in [3.8, 4) is 0 Å². The molecule has 100 valence electrons. The number of nitrogens with zero attached hydrogens (tertiary/aromatic N) is 2. The highest BCUT2D eigenvalue weighted by Gasteiger charge is 2.19. The van der Waals surface area contributed by atoms with E-state index >= 15 is 0 Å². The van der Waals surface area contributed by atoms with Crippen molar-refractivity contribution in [2.24, 2.45) is 5.92 Å². The van der Waals surface area contributed by atoms with E-state index in [1.54, 1.807) is 6.20 Å². The molecule has 0 unspecified atom stereocenters. The topological polar surface area (TPSA) is 66.6 Å². The van der Waals surface area contributed by atoms with Crippen LogP contribution < -0.4 is 0 Å². The smallest absolute Gasteiger partial charge is 0.303 e. The molecular weight excluding hydrogens is 232 g/mol. The fourth-order valence-corrected chi connectivity index (χ4v) is 2.30. The highest BCUT2D eigenvalue weighted by Crippen LogP contribution is 2.21. The number of hydrogen-bond acceptors (Lipinski definition) is 4. The summed E-state index contributed by atoms with van der Waals surface area (Å²) in [6.45, 7) is 2.27. The van der Waals surface area contributed by atoms with Crippen LogP contribution in [0.4, 0.5) is 0 Å². The molecule has 2 rings (SSSR count). The van der Waals surface area contributed by atoms with Crippen molar-refractivity contribution in [3.63, 3.8) is 0 Å². The van der Waals surface area contributed by atoms with Crippen molar-refractivity contribution >= 4 is 5.97 Å². The lowest BCUT2D eigenvalue weighted by Crippen LogP contribution is -2.30. The molecule has 1 aliphatic rings. The third kappa shape index (κ3) is 3.84. The van der Waals surface area contributed by atoms with Gasteiger partial charge >= 0.3 is 5.97 Å². The summed E-state index contributed by atoms with van der Waals surface area (Å²) in [5.41, 5.74) is 0. The van der Waals surface area contributed by atoms with Gasteiger partial charge in [-0.25, -0.2) is 4.98 Å². The third-order valence-corrected chi connectivity index (χ3v) is 3.49. The minimum Gasteiger partial charge on any atom is -0.481 e. The zero-order chi connectivity index (χ0) is 13.0. The Hall–Kier alpha value is -1.36. The molecule has 0 aliphatic carbocycles. The lowest BCUT2D eigenvalue weighted by atomic mass is 9.94. The van der Waals surface area contributed by atoms with Crippen LogP contribution in [0.15, 0.2) is 10.6 Å². The first-order valence-electron chi connectivity index (χ1n) is 6.47. The predicted molar refractivity (Wildman–Crippen MR) is 66.4 cm³/mol. The average Bonchev–Trinajstić information content (AvgIpc) is 2.77. The Balaban J connectivity index is 1.81. The maximum Gasteiger partial charge on any atom is 0.303 e. The summed E-state index contributed by atoms with van der Waals surface area (Å²) < 4.78 is 5.58. The van der Waals surface area contributed by atoms with Crippen molar-refractivity contribution in [1.82, 2.24) is 9.88 Å². The SMILES string of the molecule is CN1CCC(Cc2ncc(CCC(=O)O)o2)CC1. The average molecular weight is 252 g/mol. The summed E-state index contributed by atoms with van der Waals surface area (Å²) >= 11 is 0. The Morgan fingerprint density at radius 3 is 2.94 bits per heavy atom. The second-order valence-corrected chi connectivity index (χ2v) is 5.06. The van der Waals surface area contributed by atoms with Crippen LogP contribution in [-0.2, 0) is 17.6 Å². The molecule has 0 saturated carbocycles. The van der Waals surface area contributed by atoms with Gasteiger partial charge in [-0.3, -0.25) is 4.79 Å². The fraction of sp³-hybridized carbons (Fsp3) is 0.692. The number of piperidine rings is 1. The number of likely N-dealkylation sites (tertiary alicyclic amines) is 1. The number of hydrogen-bond donors (Lipinski definition) is 1. The van der Waals surface area contributed by atoms with Crippen molar-refractivity contribution in [2.45, 2.75) is 32.1 Å². The van der Waals surface area contributed by atoms with Gasteiger partial charge in [-0.05, 0) is 38.9 Å². The molecule has 5 nitrogen and oxygen atoms in total. The summed E-state index contributed by atoms with van der Waals surface area (Å²) in [4.78, 5) is 17.0. The number of oxazole rings is 1. The normalized spacial score (nSPS) is 18.1.